The third-order valence-electron chi connectivity index (χ3n) is 3.68. The van der Waals surface area contributed by atoms with E-state index in [1.807, 2.05) is 26.0 Å². The molecule has 5 heteroatoms. The summed E-state index contributed by atoms with van der Waals surface area (Å²) in [6.07, 6.45) is 0. The lowest BCUT2D eigenvalue weighted by atomic mass is 9.93. The van der Waals surface area contributed by atoms with Crippen LogP contribution in [0.3, 0.4) is 0 Å². The molecule has 1 atom stereocenters. The van der Waals surface area contributed by atoms with Gasteiger partial charge in [-0.1, -0.05) is 6.07 Å². The Morgan fingerprint density at radius 3 is 2.57 bits per heavy atom. The van der Waals surface area contributed by atoms with Gasteiger partial charge in [0, 0.05) is 13.1 Å². The van der Waals surface area contributed by atoms with Gasteiger partial charge in [0.05, 0.1) is 17.0 Å². The standard InChI is InChI=1S/C16H20N4O/c1-9-6-11(10(2)18)13-12(7-9)14(21)20(5)15(19-13)16(3,4)8-17/h6-7,10H,18H2,1-5H3/t10-/m1/s1. The second-order valence-electron chi connectivity index (χ2n) is 6.08. The molecule has 0 aliphatic heterocycles. The predicted octanol–water partition coefficient (Wildman–Crippen LogP) is 2.06. The number of hydrogen-bond donors (Lipinski definition) is 1. The summed E-state index contributed by atoms with van der Waals surface area (Å²) >= 11 is 0. The summed E-state index contributed by atoms with van der Waals surface area (Å²) in [6.45, 7) is 7.29. The minimum atomic E-state index is -0.845. The molecule has 110 valence electrons. The average Bonchev–Trinajstić information content (AvgIpc) is 2.42. The fraction of sp³-hybridized carbons (Fsp3) is 0.438. The van der Waals surface area contributed by atoms with Crippen molar-refractivity contribution < 1.29 is 0 Å². The minimum absolute atomic E-state index is 0.149. The van der Waals surface area contributed by atoms with Crippen molar-refractivity contribution >= 4 is 10.9 Å². The molecule has 1 aromatic carbocycles. The van der Waals surface area contributed by atoms with E-state index in [1.54, 1.807) is 20.9 Å². The van der Waals surface area contributed by atoms with Gasteiger partial charge in [-0.3, -0.25) is 9.36 Å². The number of benzene rings is 1. The van der Waals surface area contributed by atoms with E-state index in [1.165, 1.54) is 4.57 Å². The molecule has 0 spiro atoms. The van der Waals surface area contributed by atoms with Crippen LogP contribution in [0.2, 0.25) is 0 Å². The van der Waals surface area contributed by atoms with Gasteiger partial charge in [0.2, 0.25) is 0 Å². The summed E-state index contributed by atoms with van der Waals surface area (Å²) < 4.78 is 1.45. The molecule has 0 aliphatic rings. The van der Waals surface area contributed by atoms with Crippen molar-refractivity contribution in [1.29, 1.82) is 5.26 Å². The molecule has 0 saturated heterocycles. The molecule has 0 fully saturated rings. The van der Waals surface area contributed by atoms with Gasteiger partial charge in [-0.2, -0.15) is 5.26 Å². The third kappa shape index (κ3) is 2.43. The highest BCUT2D eigenvalue weighted by atomic mass is 16.1. The van der Waals surface area contributed by atoms with Gasteiger partial charge < -0.3 is 5.73 Å². The molecular formula is C16H20N4O. The van der Waals surface area contributed by atoms with E-state index in [2.05, 4.69) is 11.1 Å². The number of rotatable bonds is 2. The van der Waals surface area contributed by atoms with Crippen molar-refractivity contribution in [3.05, 3.63) is 39.4 Å². The van der Waals surface area contributed by atoms with Crippen LogP contribution in [0.4, 0.5) is 0 Å². The number of aromatic nitrogens is 2. The molecular weight excluding hydrogens is 264 g/mol. The molecule has 0 unspecified atom stereocenters. The SMILES string of the molecule is Cc1cc([C@@H](C)N)c2nc(C(C)(C)C#N)n(C)c(=O)c2c1. The molecule has 2 N–H and O–H groups in total. The van der Waals surface area contributed by atoms with E-state index < -0.39 is 5.41 Å². The fourth-order valence-electron chi connectivity index (χ4n) is 2.51. The third-order valence-corrected chi connectivity index (χ3v) is 3.68. The minimum Gasteiger partial charge on any atom is -0.324 e. The van der Waals surface area contributed by atoms with Crippen LogP contribution in [0.25, 0.3) is 10.9 Å². The molecule has 5 nitrogen and oxygen atoms in total. The molecule has 0 saturated carbocycles. The second kappa shape index (κ2) is 4.97. The quantitative estimate of drug-likeness (QED) is 0.914. The summed E-state index contributed by atoms with van der Waals surface area (Å²) in [6, 6.07) is 5.73. The van der Waals surface area contributed by atoms with E-state index in [0.717, 1.165) is 11.1 Å². The molecule has 1 aromatic heterocycles. The summed E-state index contributed by atoms with van der Waals surface area (Å²) in [5, 5.41) is 9.87. The maximum atomic E-state index is 12.6. The highest BCUT2D eigenvalue weighted by Gasteiger charge is 2.27. The van der Waals surface area contributed by atoms with Crippen LogP contribution in [0.5, 0.6) is 0 Å². The number of hydrogen-bond acceptors (Lipinski definition) is 4. The summed E-state index contributed by atoms with van der Waals surface area (Å²) in [5.41, 5.74) is 7.42. The predicted molar refractivity (Wildman–Crippen MR) is 83.0 cm³/mol. The van der Waals surface area contributed by atoms with Gasteiger partial charge in [-0.25, -0.2) is 4.98 Å². The summed E-state index contributed by atoms with van der Waals surface area (Å²) in [7, 11) is 1.65. The largest absolute Gasteiger partial charge is 0.324 e. The second-order valence-corrected chi connectivity index (χ2v) is 6.08. The van der Waals surface area contributed by atoms with E-state index in [0.29, 0.717) is 16.7 Å². The lowest BCUT2D eigenvalue weighted by Gasteiger charge is -2.20. The van der Waals surface area contributed by atoms with Gasteiger partial charge >= 0.3 is 0 Å². The first kappa shape index (κ1) is 15.2. The highest BCUT2D eigenvalue weighted by molar-refractivity contribution is 5.82. The lowest BCUT2D eigenvalue weighted by Crippen LogP contribution is -2.31. The van der Waals surface area contributed by atoms with Crippen LogP contribution in [0.15, 0.2) is 16.9 Å². The van der Waals surface area contributed by atoms with Crippen LogP contribution in [0.1, 0.15) is 43.8 Å². The monoisotopic (exact) mass is 284 g/mol. The topological polar surface area (TPSA) is 84.7 Å². The first-order valence-electron chi connectivity index (χ1n) is 6.87. The Labute approximate surface area is 124 Å². The van der Waals surface area contributed by atoms with Crippen LogP contribution < -0.4 is 11.3 Å². The van der Waals surface area contributed by atoms with Crippen molar-refractivity contribution in [3.8, 4) is 6.07 Å². The zero-order valence-corrected chi connectivity index (χ0v) is 13.1. The number of fused-ring (bicyclic) bond motifs is 1. The van der Waals surface area contributed by atoms with Gasteiger partial charge in [0.25, 0.3) is 5.56 Å². The van der Waals surface area contributed by atoms with E-state index in [-0.39, 0.29) is 11.6 Å². The average molecular weight is 284 g/mol. The van der Waals surface area contributed by atoms with Crippen LogP contribution >= 0.6 is 0 Å². The zero-order chi connectivity index (χ0) is 15.9. The van der Waals surface area contributed by atoms with E-state index in [9.17, 15) is 10.1 Å². The molecule has 0 radical (unpaired) electrons. The van der Waals surface area contributed by atoms with Gasteiger partial charge in [-0.05, 0) is 44.9 Å². The molecule has 0 bridgehead atoms. The van der Waals surface area contributed by atoms with Crippen molar-refractivity contribution in [2.75, 3.05) is 0 Å². The Kier molecular flexibility index (Phi) is 3.60. The van der Waals surface area contributed by atoms with Crippen LogP contribution in [-0.4, -0.2) is 9.55 Å². The molecule has 0 amide bonds. The fourth-order valence-corrected chi connectivity index (χ4v) is 2.51. The Morgan fingerprint density at radius 1 is 1.43 bits per heavy atom. The summed E-state index contributed by atoms with van der Waals surface area (Å²) in [4.78, 5) is 17.2. The van der Waals surface area contributed by atoms with Crippen molar-refractivity contribution in [3.63, 3.8) is 0 Å². The molecule has 2 aromatic rings. The van der Waals surface area contributed by atoms with Gasteiger partial charge in [0.1, 0.15) is 11.2 Å². The maximum absolute atomic E-state index is 12.6. The van der Waals surface area contributed by atoms with E-state index in [4.69, 9.17) is 5.73 Å². The Hall–Kier alpha value is -2.19. The van der Waals surface area contributed by atoms with E-state index >= 15 is 0 Å². The molecule has 1 heterocycles. The zero-order valence-electron chi connectivity index (χ0n) is 13.1. The van der Waals surface area contributed by atoms with Gasteiger partial charge in [0.15, 0.2) is 0 Å². The smallest absolute Gasteiger partial charge is 0.261 e. The highest BCUT2D eigenvalue weighted by Crippen LogP contribution is 2.25. The summed E-state index contributed by atoms with van der Waals surface area (Å²) in [5.74, 6) is 0.452. The Bertz CT molecular complexity index is 810. The lowest BCUT2D eigenvalue weighted by molar-refractivity contribution is 0.576. The number of aryl methyl sites for hydroxylation is 1. The molecule has 0 aliphatic carbocycles. The van der Waals surface area contributed by atoms with Crippen molar-refractivity contribution in [1.82, 2.24) is 9.55 Å². The molecule has 2 rings (SSSR count). The van der Waals surface area contributed by atoms with Gasteiger partial charge in [-0.15, -0.1) is 0 Å². The number of nitrogens with two attached hydrogens (primary N) is 1. The first-order valence-corrected chi connectivity index (χ1v) is 6.87. The van der Waals surface area contributed by atoms with Crippen molar-refractivity contribution in [2.24, 2.45) is 12.8 Å². The number of nitriles is 1. The molecule has 21 heavy (non-hydrogen) atoms. The Morgan fingerprint density at radius 2 is 2.05 bits per heavy atom. The normalized spacial score (nSPS) is 13.2. The van der Waals surface area contributed by atoms with Crippen LogP contribution in [0, 0.1) is 18.3 Å². The maximum Gasteiger partial charge on any atom is 0.261 e. The van der Waals surface area contributed by atoms with Crippen LogP contribution in [-0.2, 0) is 12.5 Å². The van der Waals surface area contributed by atoms with Crippen molar-refractivity contribution in [2.45, 2.75) is 39.2 Å². The Balaban J connectivity index is 3.00. The first-order chi connectivity index (χ1) is 9.69. The number of nitrogens with zero attached hydrogens (tertiary/aromatic N) is 3.